The van der Waals surface area contributed by atoms with Crippen LogP contribution in [0, 0.1) is 30.0 Å². The van der Waals surface area contributed by atoms with Crippen molar-refractivity contribution in [1.29, 1.82) is 0 Å². The molecule has 0 aliphatic heterocycles. The van der Waals surface area contributed by atoms with Crippen LogP contribution in [0.3, 0.4) is 0 Å². The second kappa shape index (κ2) is 5.24. The number of hydrogen-bond donors (Lipinski definition) is 1. The molecule has 0 unspecified atom stereocenters. The van der Waals surface area contributed by atoms with Gasteiger partial charge in [-0.2, -0.15) is 0 Å². The number of halogens is 1. The van der Waals surface area contributed by atoms with E-state index in [1.165, 1.54) is 0 Å². The van der Waals surface area contributed by atoms with Gasteiger partial charge in [0.1, 0.15) is 0 Å². The lowest BCUT2D eigenvalue weighted by atomic mass is 10.2. The van der Waals surface area contributed by atoms with Crippen molar-refractivity contribution < 1.29 is 4.92 Å². The summed E-state index contributed by atoms with van der Waals surface area (Å²) in [5.74, 6) is 0.213. The summed E-state index contributed by atoms with van der Waals surface area (Å²) in [6, 6.07) is 9.45. The Bertz CT molecular complexity index is 644. The Morgan fingerprint density at radius 1 is 1.42 bits per heavy atom. The van der Waals surface area contributed by atoms with Gasteiger partial charge >= 0.3 is 5.69 Å². The van der Waals surface area contributed by atoms with Crippen LogP contribution in [0.1, 0.15) is 11.3 Å². The second-order valence-electron chi connectivity index (χ2n) is 4.09. The van der Waals surface area contributed by atoms with Crippen molar-refractivity contribution in [3.63, 3.8) is 0 Å². The molecule has 0 saturated heterocycles. The third-order valence-electron chi connectivity index (χ3n) is 2.52. The molecule has 5 nitrogen and oxygen atoms in total. The van der Waals surface area contributed by atoms with Crippen LogP contribution in [0.4, 0.5) is 17.2 Å². The number of hydrogen-bond acceptors (Lipinski definition) is 4. The molecule has 1 aromatic carbocycles. The first kappa shape index (κ1) is 13.3. The van der Waals surface area contributed by atoms with Gasteiger partial charge in [-0.05, 0) is 32.0 Å². The van der Waals surface area contributed by atoms with Gasteiger partial charge in [0, 0.05) is 23.0 Å². The Morgan fingerprint density at radius 3 is 2.79 bits per heavy atom. The number of nitro groups is 1. The summed E-state index contributed by atoms with van der Waals surface area (Å²) in [6.45, 7) is 3.47. The van der Waals surface area contributed by atoms with Gasteiger partial charge in [-0.15, -0.1) is 0 Å². The van der Waals surface area contributed by atoms with Crippen molar-refractivity contribution in [2.45, 2.75) is 13.8 Å². The molecule has 1 N–H and O–H groups in total. The molecule has 0 spiro atoms. The molecule has 0 atom stereocenters. The van der Waals surface area contributed by atoms with Gasteiger partial charge in [-0.25, -0.2) is 4.98 Å². The number of nitrogens with one attached hydrogen (secondary N) is 1. The van der Waals surface area contributed by atoms with E-state index >= 15 is 0 Å². The predicted octanol–water partition coefficient (Wildman–Crippen LogP) is 3.80. The van der Waals surface area contributed by atoms with Crippen LogP contribution >= 0.6 is 11.6 Å². The van der Waals surface area contributed by atoms with E-state index < -0.39 is 4.92 Å². The molecular formula is C13H11ClN3O2. The average Bonchev–Trinajstić information content (AvgIpc) is 2.26. The Morgan fingerprint density at radius 2 is 2.16 bits per heavy atom. The molecule has 1 radical (unpaired) electrons. The number of aryl methyl sites for hydroxylation is 2. The Hall–Kier alpha value is -2.14. The normalized spacial score (nSPS) is 10.3. The van der Waals surface area contributed by atoms with E-state index in [4.69, 9.17) is 11.6 Å². The van der Waals surface area contributed by atoms with E-state index in [-0.39, 0.29) is 11.5 Å². The zero-order chi connectivity index (χ0) is 14.0. The monoisotopic (exact) mass is 276 g/mol. The lowest BCUT2D eigenvalue weighted by molar-refractivity contribution is -0.384. The number of rotatable bonds is 3. The summed E-state index contributed by atoms with van der Waals surface area (Å²) in [7, 11) is 0. The number of pyridine rings is 1. The van der Waals surface area contributed by atoms with E-state index in [9.17, 15) is 10.1 Å². The summed E-state index contributed by atoms with van der Waals surface area (Å²) in [6.07, 6.45) is 0. The quantitative estimate of drug-likeness (QED) is 0.684. The van der Waals surface area contributed by atoms with Crippen molar-refractivity contribution in [2.75, 3.05) is 5.32 Å². The highest BCUT2D eigenvalue weighted by Crippen LogP contribution is 2.30. The van der Waals surface area contributed by atoms with Crippen molar-refractivity contribution in [1.82, 2.24) is 4.98 Å². The minimum Gasteiger partial charge on any atom is -0.334 e. The number of benzene rings is 1. The van der Waals surface area contributed by atoms with Crippen LogP contribution in [0.2, 0.25) is 5.02 Å². The first-order valence-electron chi connectivity index (χ1n) is 5.54. The molecule has 97 valence electrons. The van der Waals surface area contributed by atoms with Gasteiger partial charge in [0.15, 0.2) is 0 Å². The van der Waals surface area contributed by atoms with Crippen molar-refractivity contribution in [3.05, 3.63) is 56.7 Å². The summed E-state index contributed by atoms with van der Waals surface area (Å²) in [4.78, 5) is 14.8. The van der Waals surface area contributed by atoms with Crippen LogP contribution < -0.4 is 5.32 Å². The van der Waals surface area contributed by atoms with E-state index in [1.807, 2.05) is 0 Å². The third kappa shape index (κ3) is 3.00. The molecule has 0 saturated carbocycles. The molecule has 2 rings (SSSR count). The van der Waals surface area contributed by atoms with Gasteiger partial charge in [0.05, 0.1) is 9.95 Å². The van der Waals surface area contributed by atoms with E-state index in [2.05, 4.69) is 16.4 Å². The van der Waals surface area contributed by atoms with Crippen LogP contribution in [0.15, 0.2) is 24.3 Å². The molecule has 0 amide bonds. The van der Waals surface area contributed by atoms with Crippen molar-refractivity contribution in [3.8, 4) is 0 Å². The number of aromatic nitrogens is 1. The molecular weight excluding hydrogens is 266 g/mol. The van der Waals surface area contributed by atoms with Crippen LogP contribution in [-0.4, -0.2) is 9.91 Å². The maximum Gasteiger partial charge on any atom is 0.314 e. The zero-order valence-corrected chi connectivity index (χ0v) is 11.2. The molecule has 1 heterocycles. The highest BCUT2D eigenvalue weighted by Gasteiger charge is 2.19. The van der Waals surface area contributed by atoms with E-state index in [0.717, 1.165) is 0 Å². The molecule has 6 heteroatoms. The third-order valence-corrected chi connectivity index (χ3v) is 2.74. The maximum atomic E-state index is 11.1. The molecule has 1 aromatic heterocycles. The first-order chi connectivity index (χ1) is 8.97. The van der Waals surface area contributed by atoms with Crippen LogP contribution in [-0.2, 0) is 0 Å². The highest BCUT2D eigenvalue weighted by atomic mass is 35.5. The average molecular weight is 277 g/mol. The summed E-state index contributed by atoms with van der Waals surface area (Å²) < 4.78 is 0. The lowest BCUT2D eigenvalue weighted by Gasteiger charge is -2.09. The molecule has 19 heavy (non-hydrogen) atoms. The van der Waals surface area contributed by atoms with Crippen LogP contribution in [0.5, 0.6) is 0 Å². The lowest BCUT2D eigenvalue weighted by Crippen LogP contribution is -2.03. The minimum absolute atomic E-state index is 0.0328. The van der Waals surface area contributed by atoms with Gasteiger partial charge in [-0.1, -0.05) is 17.7 Å². The largest absolute Gasteiger partial charge is 0.334 e. The van der Waals surface area contributed by atoms with Gasteiger partial charge in [-0.3, -0.25) is 10.1 Å². The topological polar surface area (TPSA) is 68.1 Å². The first-order valence-corrected chi connectivity index (χ1v) is 5.92. The van der Waals surface area contributed by atoms with Gasteiger partial charge in [0.25, 0.3) is 0 Å². The molecule has 2 aromatic rings. The van der Waals surface area contributed by atoms with E-state index in [0.29, 0.717) is 22.0 Å². The minimum atomic E-state index is -0.444. The second-order valence-corrected chi connectivity index (χ2v) is 4.49. The molecule has 0 fully saturated rings. The van der Waals surface area contributed by atoms with Crippen molar-refractivity contribution >= 4 is 28.8 Å². The molecule has 0 aliphatic carbocycles. The standard InChI is InChI=1S/C13H11ClN3O2/c1-8-6-9(2)15-13(12(8)17(18)19)16-11-5-3-4-10(14)7-11/h3,5-7H,1-2H3,(H,15,16). The Labute approximate surface area is 115 Å². The number of nitrogens with zero attached hydrogens (tertiary/aromatic N) is 2. The van der Waals surface area contributed by atoms with Crippen LogP contribution in [0.25, 0.3) is 0 Å². The molecule has 0 aliphatic rings. The van der Waals surface area contributed by atoms with Gasteiger partial charge in [0.2, 0.25) is 5.82 Å². The van der Waals surface area contributed by atoms with Crippen molar-refractivity contribution in [2.24, 2.45) is 0 Å². The molecule has 0 bridgehead atoms. The van der Waals surface area contributed by atoms with Gasteiger partial charge < -0.3 is 5.32 Å². The smallest absolute Gasteiger partial charge is 0.314 e. The Kier molecular flexibility index (Phi) is 3.66. The summed E-state index contributed by atoms with van der Waals surface area (Å²) in [5, 5.41) is 14.5. The summed E-state index contributed by atoms with van der Waals surface area (Å²) in [5.41, 5.74) is 1.87. The fourth-order valence-electron chi connectivity index (χ4n) is 1.80. The SMILES string of the molecule is Cc1cc(C)c([N+](=O)[O-])c(Nc2cc[c]c(Cl)c2)n1. The zero-order valence-electron chi connectivity index (χ0n) is 10.4. The number of anilines is 2. The van der Waals surface area contributed by atoms with E-state index in [1.54, 1.807) is 38.1 Å². The maximum absolute atomic E-state index is 11.1. The fraction of sp³-hybridized carbons (Fsp3) is 0.154. The fourth-order valence-corrected chi connectivity index (χ4v) is 1.98. The Balaban J connectivity index is 2.47. The summed E-state index contributed by atoms with van der Waals surface area (Å²) >= 11 is 5.83. The predicted molar refractivity (Wildman–Crippen MR) is 73.9 cm³/mol. The highest BCUT2D eigenvalue weighted by molar-refractivity contribution is 6.30.